The largest absolute Gasteiger partial charge is 0.338 e. The molecule has 0 bridgehead atoms. The zero-order chi connectivity index (χ0) is 17.1. The Labute approximate surface area is 142 Å². The van der Waals surface area contributed by atoms with Gasteiger partial charge in [0.2, 0.25) is 16.9 Å². The Morgan fingerprint density at radius 1 is 1.33 bits per heavy atom. The molecule has 0 N–H and O–H groups in total. The van der Waals surface area contributed by atoms with E-state index in [-0.39, 0.29) is 5.82 Å². The summed E-state index contributed by atoms with van der Waals surface area (Å²) in [4.78, 5) is 4.30. The molecule has 2 aromatic heterocycles. The Morgan fingerprint density at radius 2 is 2.17 bits per heavy atom. The maximum Gasteiger partial charge on any atom is 0.237 e. The second kappa shape index (κ2) is 7.08. The molecule has 2 heterocycles. The minimum atomic E-state index is -0.291. The molecule has 0 radical (unpaired) electrons. The molecule has 0 saturated carbocycles. The number of benzene rings is 1. The molecule has 9 heteroatoms. The van der Waals surface area contributed by atoms with Crippen molar-refractivity contribution in [3.05, 3.63) is 35.5 Å². The number of hydrogen-bond acceptors (Lipinski definition) is 7. The fraction of sp³-hybridized carbons (Fsp3) is 0.400. The van der Waals surface area contributed by atoms with Gasteiger partial charge in [0, 0.05) is 12.1 Å². The summed E-state index contributed by atoms with van der Waals surface area (Å²) in [6.45, 7) is 6.65. The molecule has 0 atom stereocenters. The van der Waals surface area contributed by atoms with Gasteiger partial charge >= 0.3 is 0 Å². The summed E-state index contributed by atoms with van der Waals surface area (Å²) >= 11 is 1.42. The van der Waals surface area contributed by atoms with Crippen molar-refractivity contribution < 1.29 is 8.91 Å². The van der Waals surface area contributed by atoms with Crippen molar-refractivity contribution in [2.75, 3.05) is 0 Å². The van der Waals surface area contributed by atoms with E-state index < -0.39 is 0 Å². The van der Waals surface area contributed by atoms with Crippen LogP contribution in [-0.4, -0.2) is 30.3 Å². The average molecular weight is 348 g/mol. The van der Waals surface area contributed by atoms with Gasteiger partial charge in [0.15, 0.2) is 0 Å². The Balaban J connectivity index is 1.68. The summed E-state index contributed by atoms with van der Waals surface area (Å²) in [5.41, 5.74) is 1.16. The van der Waals surface area contributed by atoms with Crippen LogP contribution >= 0.6 is 11.8 Å². The Kier molecular flexibility index (Phi) is 4.89. The first-order valence-electron chi connectivity index (χ1n) is 7.51. The molecule has 0 unspecified atom stereocenters. The standard InChI is InChI=1S/C15H17FN6OS/c1-9(2)7-22-15(18-20-21-22)24-8-13-17-14(19-23-13)11-5-4-10(3)12(16)6-11/h4-6,9H,7-8H2,1-3H3. The van der Waals surface area contributed by atoms with Gasteiger partial charge < -0.3 is 4.52 Å². The summed E-state index contributed by atoms with van der Waals surface area (Å²) in [6, 6.07) is 4.86. The number of rotatable bonds is 6. The number of tetrazole rings is 1. The molecule has 0 spiro atoms. The van der Waals surface area contributed by atoms with Gasteiger partial charge in [-0.2, -0.15) is 4.98 Å². The van der Waals surface area contributed by atoms with Crippen molar-refractivity contribution in [1.82, 2.24) is 30.3 Å². The molecule has 0 fully saturated rings. The molecule has 7 nitrogen and oxygen atoms in total. The summed E-state index contributed by atoms with van der Waals surface area (Å²) < 4.78 is 20.6. The molecule has 126 valence electrons. The third-order valence-corrected chi connectivity index (χ3v) is 4.20. The van der Waals surface area contributed by atoms with Crippen LogP contribution in [0.5, 0.6) is 0 Å². The number of halogens is 1. The van der Waals surface area contributed by atoms with Gasteiger partial charge in [0.1, 0.15) is 5.82 Å². The van der Waals surface area contributed by atoms with Gasteiger partial charge in [-0.15, -0.1) is 5.10 Å². The predicted molar refractivity (Wildman–Crippen MR) is 86.6 cm³/mol. The van der Waals surface area contributed by atoms with Crippen LogP contribution in [0.2, 0.25) is 0 Å². The van der Waals surface area contributed by atoms with Crippen LogP contribution in [-0.2, 0) is 12.3 Å². The minimum absolute atomic E-state index is 0.291. The van der Waals surface area contributed by atoms with Crippen LogP contribution in [0.4, 0.5) is 4.39 Å². The van der Waals surface area contributed by atoms with Crippen LogP contribution < -0.4 is 0 Å². The van der Waals surface area contributed by atoms with Gasteiger partial charge in [-0.05, 0) is 34.9 Å². The molecule has 3 rings (SSSR count). The second-order valence-corrected chi connectivity index (χ2v) is 6.74. The molecule has 0 amide bonds. The summed E-state index contributed by atoms with van der Waals surface area (Å²) in [6.07, 6.45) is 0. The predicted octanol–water partition coefficient (Wildman–Crippen LogP) is 3.12. The third-order valence-electron chi connectivity index (χ3n) is 3.26. The van der Waals surface area contributed by atoms with E-state index in [1.165, 1.54) is 17.8 Å². The van der Waals surface area contributed by atoms with Crippen molar-refractivity contribution >= 4 is 11.8 Å². The SMILES string of the molecule is Cc1ccc(-c2noc(CSc3nnnn3CC(C)C)n2)cc1F. The number of hydrogen-bond donors (Lipinski definition) is 0. The first kappa shape index (κ1) is 16.6. The lowest BCUT2D eigenvalue weighted by Gasteiger charge is -2.05. The minimum Gasteiger partial charge on any atom is -0.338 e. The van der Waals surface area contributed by atoms with Crippen LogP contribution in [0.3, 0.4) is 0 Å². The summed E-state index contributed by atoms with van der Waals surface area (Å²) in [5, 5.41) is 16.3. The lowest BCUT2D eigenvalue weighted by atomic mass is 10.1. The fourth-order valence-electron chi connectivity index (χ4n) is 2.05. The first-order chi connectivity index (χ1) is 11.5. The van der Waals surface area contributed by atoms with Crippen LogP contribution in [0.15, 0.2) is 27.9 Å². The number of aryl methyl sites for hydroxylation is 1. The van der Waals surface area contributed by atoms with Crippen LogP contribution in [0.1, 0.15) is 25.3 Å². The van der Waals surface area contributed by atoms with E-state index in [1.54, 1.807) is 23.7 Å². The molecule has 24 heavy (non-hydrogen) atoms. The smallest absolute Gasteiger partial charge is 0.237 e. The maximum absolute atomic E-state index is 13.6. The van der Waals surface area contributed by atoms with Crippen molar-refractivity contribution in [3.8, 4) is 11.4 Å². The Bertz CT molecular complexity index is 831. The van der Waals surface area contributed by atoms with Gasteiger partial charge in [0.25, 0.3) is 0 Å². The first-order valence-corrected chi connectivity index (χ1v) is 8.49. The normalized spacial score (nSPS) is 11.4. The van der Waals surface area contributed by atoms with E-state index in [1.807, 2.05) is 0 Å². The zero-order valence-corrected chi connectivity index (χ0v) is 14.4. The van der Waals surface area contributed by atoms with Gasteiger partial charge in [-0.1, -0.05) is 42.9 Å². The van der Waals surface area contributed by atoms with E-state index >= 15 is 0 Å². The molecule has 0 aliphatic carbocycles. The number of thioether (sulfide) groups is 1. The monoisotopic (exact) mass is 348 g/mol. The topological polar surface area (TPSA) is 82.5 Å². The average Bonchev–Trinajstić information content (AvgIpc) is 3.17. The highest BCUT2D eigenvalue weighted by molar-refractivity contribution is 7.98. The van der Waals surface area contributed by atoms with Gasteiger partial charge in [-0.3, -0.25) is 0 Å². The Hall–Kier alpha value is -2.29. The van der Waals surface area contributed by atoms with Crippen molar-refractivity contribution in [1.29, 1.82) is 0 Å². The Morgan fingerprint density at radius 3 is 2.92 bits per heavy atom. The molecule has 3 aromatic rings. The van der Waals surface area contributed by atoms with Crippen molar-refractivity contribution in [2.45, 2.75) is 38.2 Å². The molecule has 0 aliphatic rings. The molecular weight excluding hydrogens is 331 g/mol. The lowest BCUT2D eigenvalue weighted by molar-refractivity contribution is 0.391. The van der Waals surface area contributed by atoms with E-state index in [0.717, 1.165) is 6.54 Å². The molecule has 0 aliphatic heterocycles. The van der Waals surface area contributed by atoms with E-state index in [0.29, 0.717) is 39.7 Å². The number of aromatic nitrogens is 6. The van der Waals surface area contributed by atoms with E-state index in [9.17, 15) is 4.39 Å². The van der Waals surface area contributed by atoms with Crippen molar-refractivity contribution in [3.63, 3.8) is 0 Å². The third kappa shape index (κ3) is 3.78. The number of nitrogens with zero attached hydrogens (tertiary/aromatic N) is 6. The second-order valence-electron chi connectivity index (χ2n) is 5.80. The molecule has 1 aromatic carbocycles. The zero-order valence-electron chi connectivity index (χ0n) is 13.6. The van der Waals surface area contributed by atoms with Gasteiger partial charge in [0.05, 0.1) is 5.75 Å². The van der Waals surface area contributed by atoms with Gasteiger partial charge in [-0.25, -0.2) is 9.07 Å². The fourth-order valence-corrected chi connectivity index (χ4v) is 2.77. The van der Waals surface area contributed by atoms with E-state index in [4.69, 9.17) is 4.52 Å². The van der Waals surface area contributed by atoms with Crippen molar-refractivity contribution in [2.24, 2.45) is 5.92 Å². The quantitative estimate of drug-likeness (QED) is 0.633. The highest BCUT2D eigenvalue weighted by atomic mass is 32.2. The van der Waals surface area contributed by atoms with Crippen LogP contribution in [0.25, 0.3) is 11.4 Å². The summed E-state index contributed by atoms with van der Waals surface area (Å²) in [7, 11) is 0. The summed E-state index contributed by atoms with van der Waals surface area (Å²) in [5.74, 6) is 1.40. The van der Waals surface area contributed by atoms with Crippen LogP contribution in [0, 0.1) is 18.7 Å². The maximum atomic E-state index is 13.6. The highest BCUT2D eigenvalue weighted by Crippen LogP contribution is 2.23. The lowest BCUT2D eigenvalue weighted by Crippen LogP contribution is -2.07. The molecule has 0 saturated heterocycles. The molecular formula is C15H17FN6OS. The van der Waals surface area contributed by atoms with E-state index in [2.05, 4.69) is 39.5 Å². The highest BCUT2D eigenvalue weighted by Gasteiger charge is 2.13.